The van der Waals surface area contributed by atoms with Gasteiger partial charge in [0.2, 0.25) is 0 Å². The Labute approximate surface area is 349 Å². The van der Waals surface area contributed by atoms with Crippen LogP contribution in [-0.4, -0.2) is 37.2 Å². The van der Waals surface area contributed by atoms with Crippen molar-refractivity contribution in [2.24, 2.45) is 0 Å². The number of hydrogen-bond acceptors (Lipinski definition) is 6. The summed E-state index contributed by atoms with van der Waals surface area (Å²) in [4.78, 5) is 37.7. The van der Waals surface area contributed by atoms with E-state index in [9.17, 15) is 14.4 Å². The Kier molecular flexibility index (Phi) is 42.1. The fourth-order valence-corrected chi connectivity index (χ4v) is 5.74. The number of unbranched alkanes of at least 4 members (excludes halogenated alkanes) is 12. The number of carbonyl (C=O) groups is 3. The Morgan fingerprint density at radius 3 is 1.18 bits per heavy atom. The van der Waals surface area contributed by atoms with Crippen molar-refractivity contribution < 1.29 is 28.6 Å². The van der Waals surface area contributed by atoms with Gasteiger partial charge in [-0.25, -0.2) is 0 Å². The summed E-state index contributed by atoms with van der Waals surface area (Å²) in [6, 6.07) is 0. The summed E-state index contributed by atoms with van der Waals surface area (Å²) in [6.07, 6.45) is 58.3. The SMILES string of the molecule is CC/C=C\C/C=C\C/C=C\C/C=C\C/C=C\CCC(=O)OCC(COC(=O)CCCCCCCCCCC)OC(=O)CCCCCC/C=C\C/C=C\C/C=C\CC. The molecule has 0 aliphatic carbocycles. The number of rotatable bonds is 39. The Balaban J connectivity index is 4.53. The fourth-order valence-electron chi connectivity index (χ4n) is 5.74. The molecule has 322 valence electrons. The largest absolute Gasteiger partial charge is 0.462 e. The molecule has 57 heavy (non-hydrogen) atoms. The molecule has 1 atom stereocenters. The van der Waals surface area contributed by atoms with E-state index in [1.54, 1.807) is 0 Å². The van der Waals surface area contributed by atoms with Crippen molar-refractivity contribution in [1.29, 1.82) is 0 Å². The molecule has 0 fully saturated rings. The van der Waals surface area contributed by atoms with Crippen LogP contribution < -0.4 is 0 Å². The van der Waals surface area contributed by atoms with E-state index in [-0.39, 0.29) is 44.0 Å². The van der Waals surface area contributed by atoms with Crippen LogP contribution in [0.3, 0.4) is 0 Å². The lowest BCUT2D eigenvalue weighted by Crippen LogP contribution is -2.30. The Bertz CT molecular complexity index is 1180. The van der Waals surface area contributed by atoms with Gasteiger partial charge in [-0.3, -0.25) is 14.4 Å². The van der Waals surface area contributed by atoms with Gasteiger partial charge in [-0.15, -0.1) is 0 Å². The Morgan fingerprint density at radius 2 is 0.719 bits per heavy atom. The Morgan fingerprint density at radius 1 is 0.368 bits per heavy atom. The van der Waals surface area contributed by atoms with Crippen LogP contribution in [0.15, 0.2) is 97.2 Å². The van der Waals surface area contributed by atoms with Crippen molar-refractivity contribution in [2.45, 2.75) is 194 Å². The second-order valence-electron chi connectivity index (χ2n) is 14.5. The van der Waals surface area contributed by atoms with Gasteiger partial charge >= 0.3 is 17.9 Å². The summed E-state index contributed by atoms with van der Waals surface area (Å²) in [5, 5.41) is 0. The van der Waals surface area contributed by atoms with Crippen LogP contribution >= 0.6 is 0 Å². The van der Waals surface area contributed by atoms with E-state index in [1.165, 1.54) is 38.5 Å². The summed E-state index contributed by atoms with van der Waals surface area (Å²) in [6.45, 7) is 6.27. The van der Waals surface area contributed by atoms with Crippen LogP contribution in [0.25, 0.3) is 0 Å². The normalized spacial score (nSPS) is 13.0. The predicted molar refractivity (Wildman–Crippen MR) is 242 cm³/mol. The lowest BCUT2D eigenvalue weighted by molar-refractivity contribution is -0.166. The number of hydrogen-bond donors (Lipinski definition) is 0. The number of carbonyl (C=O) groups excluding carboxylic acids is 3. The van der Waals surface area contributed by atoms with Crippen LogP contribution in [0.1, 0.15) is 188 Å². The van der Waals surface area contributed by atoms with Crippen LogP contribution in [0.5, 0.6) is 0 Å². The van der Waals surface area contributed by atoms with Gasteiger partial charge in [0.15, 0.2) is 6.10 Å². The van der Waals surface area contributed by atoms with Gasteiger partial charge in [0.25, 0.3) is 0 Å². The lowest BCUT2D eigenvalue weighted by atomic mass is 10.1. The minimum Gasteiger partial charge on any atom is -0.462 e. The first-order valence-electron chi connectivity index (χ1n) is 22.7. The summed E-state index contributed by atoms with van der Waals surface area (Å²) in [7, 11) is 0. The van der Waals surface area contributed by atoms with E-state index in [2.05, 4.69) is 106 Å². The van der Waals surface area contributed by atoms with E-state index in [1.807, 2.05) is 12.2 Å². The van der Waals surface area contributed by atoms with Gasteiger partial charge in [-0.05, 0) is 83.5 Å². The topological polar surface area (TPSA) is 78.9 Å². The number of esters is 3. The summed E-state index contributed by atoms with van der Waals surface area (Å²) >= 11 is 0. The molecule has 6 nitrogen and oxygen atoms in total. The van der Waals surface area contributed by atoms with Gasteiger partial charge in [-0.2, -0.15) is 0 Å². The second-order valence-corrected chi connectivity index (χ2v) is 14.5. The molecule has 0 aromatic heterocycles. The highest BCUT2D eigenvalue weighted by Gasteiger charge is 2.19. The molecule has 0 bridgehead atoms. The van der Waals surface area contributed by atoms with Crippen molar-refractivity contribution in [2.75, 3.05) is 13.2 Å². The molecule has 0 rings (SSSR count). The third kappa shape index (κ3) is 43.3. The third-order valence-electron chi connectivity index (χ3n) is 9.10. The fraction of sp³-hybridized carbons (Fsp3) is 0.627. The maximum Gasteiger partial charge on any atom is 0.306 e. The van der Waals surface area contributed by atoms with Gasteiger partial charge in [0, 0.05) is 19.3 Å². The van der Waals surface area contributed by atoms with Gasteiger partial charge < -0.3 is 14.2 Å². The van der Waals surface area contributed by atoms with E-state index >= 15 is 0 Å². The van der Waals surface area contributed by atoms with Crippen molar-refractivity contribution >= 4 is 17.9 Å². The quantitative estimate of drug-likeness (QED) is 0.0267. The van der Waals surface area contributed by atoms with Crippen LogP contribution in [0.2, 0.25) is 0 Å². The monoisotopic (exact) mass is 791 g/mol. The molecular weight excluding hydrogens is 709 g/mol. The molecule has 0 saturated heterocycles. The highest BCUT2D eigenvalue weighted by molar-refractivity contribution is 5.71. The number of allylic oxidation sites excluding steroid dienone is 16. The van der Waals surface area contributed by atoms with E-state index < -0.39 is 6.10 Å². The van der Waals surface area contributed by atoms with Gasteiger partial charge in [0.1, 0.15) is 13.2 Å². The molecule has 0 aliphatic heterocycles. The van der Waals surface area contributed by atoms with E-state index in [0.717, 1.165) is 103 Å². The first-order valence-corrected chi connectivity index (χ1v) is 22.7. The molecule has 0 radical (unpaired) electrons. The number of ether oxygens (including phenoxy) is 3. The second kappa shape index (κ2) is 45.0. The maximum absolute atomic E-state index is 12.7. The molecule has 1 unspecified atom stereocenters. The first kappa shape index (κ1) is 53.3. The van der Waals surface area contributed by atoms with Crippen molar-refractivity contribution in [3.63, 3.8) is 0 Å². The zero-order valence-corrected chi connectivity index (χ0v) is 36.6. The van der Waals surface area contributed by atoms with Crippen LogP contribution in [0, 0.1) is 0 Å². The molecule has 0 amide bonds. The average Bonchev–Trinajstić information content (AvgIpc) is 3.21. The molecule has 0 heterocycles. The van der Waals surface area contributed by atoms with Crippen molar-refractivity contribution in [1.82, 2.24) is 0 Å². The zero-order valence-electron chi connectivity index (χ0n) is 36.6. The molecule has 6 heteroatoms. The standard InChI is InChI=1S/C51H82O6/c1-4-7-10-13-16-19-21-23-25-26-28-29-32-35-38-41-44-50(53)56-47-48(46-55-49(52)43-40-37-34-31-18-15-12-9-6-3)57-51(54)45-42-39-36-33-30-27-24-22-20-17-14-11-8-5-2/h7-8,10-11,16-17,19-20,23-25,27-29,35,38,48H,4-6,9,12-15,18,21-22,26,30-34,36-37,39-47H2,1-3H3/b10-7-,11-8-,19-16-,20-17-,25-23-,27-24-,29-28-,38-35-. The first-order chi connectivity index (χ1) is 28.0. The highest BCUT2D eigenvalue weighted by Crippen LogP contribution is 2.12. The predicted octanol–water partition coefficient (Wildman–Crippen LogP) is 14.6. The smallest absolute Gasteiger partial charge is 0.306 e. The van der Waals surface area contributed by atoms with Gasteiger partial charge in [0.05, 0.1) is 0 Å². The summed E-state index contributed by atoms with van der Waals surface area (Å²) < 4.78 is 16.6. The zero-order chi connectivity index (χ0) is 41.5. The van der Waals surface area contributed by atoms with Crippen molar-refractivity contribution in [3.8, 4) is 0 Å². The minimum atomic E-state index is -0.816. The summed E-state index contributed by atoms with van der Waals surface area (Å²) in [5.74, 6) is -1.03. The van der Waals surface area contributed by atoms with Crippen LogP contribution in [0.4, 0.5) is 0 Å². The molecule has 0 N–H and O–H groups in total. The molecular formula is C51H82O6. The Hall–Kier alpha value is -3.67. The van der Waals surface area contributed by atoms with E-state index in [0.29, 0.717) is 12.8 Å². The molecule has 0 aromatic rings. The molecule has 0 aliphatic rings. The maximum atomic E-state index is 12.7. The lowest BCUT2D eigenvalue weighted by Gasteiger charge is -2.18. The summed E-state index contributed by atoms with van der Waals surface area (Å²) in [5.41, 5.74) is 0. The van der Waals surface area contributed by atoms with Crippen LogP contribution in [-0.2, 0) is 28.6 Å². The molecule has 0 spiro atoms. The average molecular weight is 791 g/mol. The third-order valence-corrected chi connectivity index (χ3v) is 9.10. The van der Waals surface area contributed by atoms with Gasteiger partial charge in [-0.1, -0.05) is 182 Å². The van der Waals surface area contributed by atoms with E-state index in [4.69, 9.17) is 14.2 Å². The molecule has 0 aromatic carbocycles. The minimum absolute atomic E-state index is 0.110. The molecule has 0 saturated carbocycles. The van der Waals surface area contributed by atoms with Crippen molar-refractivity contribution in [3.05, 3.63) is 97.2 Å². The highest BCUT2D eigenvalue weighted by atomic mass is 16.6.